The highest BCUT2D eigenvalue weighted by atomic mass is 16.3. The number of aliphatic hydroxyl groups is 1. The van der Waals surface area contributed by atoms with Gasteiger partial charge in [-0.2, -0.15) is 0 Å². The maximum absolute atomic E-state index is 9.39. The van der Waals surface area contributed by atoms with Crippen molar-refractivity contribution in [3.63, 3.8) is 0 Å². The van der Waals surface area contributed by atoms with Gasteiger partial charge in [-0.25, -0.2) is 0 Å². The van der Waals surface area contributed by atoms with Crippen LogP contribution in [0.1, 0.15) is 16.9 Å². The van der Waals surface area contributed by atoms with Crippen LogP contribution in [0, 0.1) is 6.92 Å². The maximum Gasteiger partial charge on any atom is 0.120 e. The van der Waals surface area contributed by atoms with Gasteiger partial charge in [0.2, 0.25) is 0 Å². The Morgan fingerprint density at radius 2 is 2.00 bits per heavy atom. The number of aliphatic hydroxyl groups excluding tert-OH is 1. The third-order valence-electron chi connectivity index (χ3n) is 3.06. The fourth-order valence-corrected chi connectivity index (χ4v) is 1.92. The van der Waals surface area contributed by atoms with E-state index in [2.05, 4.69) is 17.4 Å². The van der Waals surface area contributed by atoms with Crippen molar-refractivity contribution in [2.24, 2.45) is 0 Å². The van der Waals surface area contributed by atoms with Crippen LogP contribution in [0.5, 0.6) is 0 Å². The smallest absolute Gasteiger partial charge is 0.120 e. The highest BCUT2D eigenvalue weighted by Crippen LogP contribution is 2.09. The Balaban J connectivity index is 1.88. The van der Waals surface area contributed by atoms with E-state index in [0.717, 1.165) is 17.7 Å². The van der Waals surface area contributed by atoms with Crippen molar-refractivity contribution in [1.82, 2.24) is 5.32 Å². The topological polar surface area (TPSA) is 45.4 Å². The van der Waals surface area contributed by atoms with Crippen LogP contribution in [0.25, 0.3) is 0 Å². The average molecular weight is 245 g/mol. The second kappa shape index (κ2) is 6.38. The van der Waals surface area contributed by atoms with Crippen molar-refractivity contribution in [2.75, 3.05) is 6.61 Å². The Bertz CT molecular complexity index is 464. The van der Waals surface area contributed by atoms with Crippen LogP contribution in [0.3, 0.4) is 0 Å². The lowest BCUT2D eigenvalue weighted by atomic mass is 10.1. The van der Waals surface area contributed by atoms with E-state index < -0.39 is 0 Å². The Morgan fingerprint density at radius 1 is 1.22 bits per heavy atom. The Morgan fingerprint density at radius 3 is 2.61 bits per heavy atom. The lowest BCUT2D eigenvalue weighted by Gasteiger charge is -2.15. The number of furan rings is 1. The zero-order valence-corrected chi connectivity index (χ0v) is 10.6. The predicted octanol–water partition coefficient (Wildman–Crippen LogP) is 2.28. The summed E-state index contributed by atoms with van der Waals surface area (Å²) in [6, 6.07) is 12.2. The molecule has 3 heteroatoms. The third-order valence-corrected chi connectivity index (χ3v) is 3.06. The van der Waals surface area contributed by atoms with Gasteiger partial charge in [0.05, 0.1) is 19.4 Å². The number of rotatable bonds is 6. The fraction of sp³-hybridized carbons (Fsp3) is 0.333. The molecule has 0 aliphatic rings. The summed E-state index contributed by atoms with van der Waals surface area (Å²) in [5, 5.41) is 12.7. The molecule has 2 rings (SSSR count). The van der Waals surface area contributed by atoms with E-state index in [1.165, 1.54) is 5.56 Å². The molecular weight excluding hydrogens is 226 g/mol. The van der Waals surface area contributed by atoms with Crippen molar-refractivity contribution in [1.29, 1.82) is 0 Å². The van der Waals surface area contributed by atoms with Crippen LogP contribution in [-0.4, -0.2) is 17.8 Å². The highest BCUT2D eigenvalue weighted by Gasteiger charge is 2.09. The van der Waals surface area contributed by atoms with Gasteiger partial charge in [0.1, 0.15) is 5.76 Å². The van der Waals surface area contributed by atoms with Gasteiger partial charge in [0.25, 0.3) is 0 Å². The summed E-state index contributed by atoms with van der Waals surface area (Å²) < 4.78 is 5.37. The molecule has 1 atom stereocenters. The van der Waals surface area contributed by atoms with E-state index in [-0.39, 0.29) is 12.6 Å². The molecule has 1 unspecified atom stereocenters. The normalized spacial score (nSPS) is 12.6. The predicted molar refractivity (Wildman–Crippen MR) is 71.3 cm³/mol. The standard InChI is InChI=1S/C15H19NO2/c1-12-7-8-18-15(12)10-16-14(11-17)9-13-5-3-2-4-6-13/h2-8,14,16-17H,9-11H2,1H3. The van der Waals surface area contributed by atoms with E-state index in [0.29, 0.717) is 6.54 Å². The molecule has 0 fully saturated rings. The number of aryl methyl sites for hydroxylation is 1. The quantitative estimate of drug-likeness (QED) is 0.820. The van der Waals surface area contributed by atoms with Gasteiger partial charge in [-0.1, -0.05) is 30.3 Å². The van der Waals surface area contributed by atoms with Crippen LogP contribution in [-0.2, 0) is 13.0 Å². The van der Waals surface area contributed by atoms with Crippen molar-refractivity contribution in [3.8, 4) is 0 Å². The van der Waals surface area contributed by atoms with Gasteiger partial charge in [-0.3, -0.25) is 0 Å². The molecule has 3 nitrogen and oxygen atoms in total. The zero-order chi connectivity index (χ0) is 12.8. The molecule has 96 valence electrons. The zero-order valence-electron chi connectivity index (χ0n) is 10.6. The number of benzene rings is 1. The van der Waals surface area contributed by atoms with E-state index in [4.69, 9.17) is 4.42 Å². The summed E-state index contributed by atoms with van der Waals surface area (Å²) >= 11 is 0. The minimum Gasteiger partial charge on any atom is -0.468 e. The molecule has 0 spiro atoms. The first kappa shape index (κ1) is 12.9. The lowest BCUT2D eigenvalue weighted by Crippen LogP contribution is -2.34. The van der Waals surface area contributed by atoms with E-state index in [1.54, 1.807) is 6.26 Å². The summed E-state index contributed by atoms with van der Waals surface area (Å²) in [5.41, 5.74) is 2.36. The summed E-state index contributed by atoms with van der Waals surface area (Å²) in [5.74, 6) is 0.932. The van der Waals surface area contributed by atoms with Gasteiger partial charge in [-0.05, 0) is 30.5 Å². The van der Waals surface area contributed by atoms with Crippen LogP contribution >= 0.6 is 0 Å². The molecule has 0 aliphatic carbocycles. The van der Waals surface area contributed by atoms with Crippen molar-refractivity contribution >= 4 is 0 Å². The number of nitrogens with one attached hydrogen (secondary N) is 1. The molecule has 18 heavy (non-hydrogen) atoms. The van der Waals surface area contributed by atoms with Crippen LogP contribution in [0.15, 0.2) is 47.1 Å². The molecule has 1 aromatic heterocycles. The molecule has 0 saturated carbocycles. The Labute approximate surface area is 107 Å². The molecule has 0 saturated heterocycles. The Hall–Kier alpha value is -1.58. The maximum atomic E-state index is 9.39. The largest absolute Gasteiger partial charge is 0.468 e. The van der Waals surface area contributed by atoms with Gasteiger partial charge in [-0.15, -0.1) is 0 Å². The third kappa shape index (κ3) is 3.45. The number of hydrogen-bond donors (Lipinski definition) is 2. The molecular formula is C15H19NO2. The summed E-state index contributed by atoms with van der Waals surface area (Å²) in [6.07, 6.45) is 2.51. The van der Waals surface area contributed by atoms with E-state index in [9.17, 15) is 5.11 Å². The van der Waals surface area contributed by atoms with Gasteiger partial charge >= 0.3 is 0 Å². The molecule has 1 heterocycles. The van der Waals surface area contributed by atoms with E-state index >= 15 is 0 Å². The molecule has 0 radical (unpaired) electrons. The monoisotopic (exact) mass is 245 g/mol. The molecule has 0 aliphatic heterocycles. The van der Waals surface area contributed by atoms with E-state index in [1.807, 2.05) is 31.2 Å². The minimum atomic E-state index is 0.0527. The molecule has 2 N–H and O–H groups in total. The molecule has 2 aromatic rings. The first-order chi connectivity index (χ1) is 8.79. The van der Waals surface area contributed by atoms with Crippen LogP contribution in [0.4, 0.5) is 0 Å². The lowest BCUT2D eigenvalue weighted by molar-refractivity contribution is 0.238. The minimum absolute atomic E-state index is 0.0527. The average Bonchev–Trinajstić information content (AvgIpc) is 2.81. The molecule has 1 aromatic carbocycles. The first-order valence-corrected chi connectivity index (χ1v) is 6.20. The SMILES string of the molecule is Cc1ccoc1CNC(CO)Cc1ccccc1. The Kier molecular flexibility index (Phi) is 4.56. The van der Waals surface area contributed by atoms with Gasteiger partial charge in [0.15, 0.2) is 0 Å². The second-order valence-corrected chi connectivity index (χ2v) is 4.48. The molecule has 0 amide bonds. The first-order valence-electron chi connectivity index (χ1n) is 6.20. The van der Waals surface area contributed by atoms with Crippen molar-refractivity contribution in [2.45, 2.75) is 25.9 Å². The highest BCUT2D eigenvalue weighted by molar-refractivity contribution is 5.17. The molecule has 0 bridgehead atoms. The summed E-state index contributed by atoms with van der Waals surface area (Å²) in [6.45, 7) is 2.79. The van der Waals surface area contributed by atoms with Gasteiger partial charge in [0, 0.05) is 6.04 Å². The van der Waals surface area contributed by atoms with Gasteiger partial charge < -0.3 is 14.8 Å². The summed E-state index contributed by atoms with van der Waals surface area (Å²) in [7, 11) is 0. The number of hydrogen-bond acceptors (Lipinski definition) is 3. The second-order valence-electron chi connectivity index (χ2n) is 4.48. The van der Waals surface area contributed by atoms with Crippen LogP contribution < -0.4 is 5.32 Å². The van der Waals surface area contributed by atoms with Crippen LogP contribution in [0.2, 0.25) is 0 Å². The van der Waals surface area contributed by atoms with Crippen molar-refractivity contribution < 1.29 is 9.52 Å². The van der Waals surface area contributed by atoms with Crippen molar-refractivity contribution in [3.05, 3.63) is 59.5 Å². The summed E-state index contributed by atoms with van der Waals surface area (Å²) in [4.78, 5) is 0. The fourth-order valence-electron chi connectivity index (χ4n) is 1.92.